The Bertz CT molecular complexity index is 876. The molecular weight excluding hydrogens is 511 g/mol. The Hall–Kier alpha value is -2.90. The number of methoxy groups -OCH3 is 1. The molecule has 1 saturated heterocycles. The molecule has 3 N–H and O–H groups in total. The zero-order valence-corrected chi connectivity index (χ0v) is 18.5. The van der Waals surface area contributed by atoms with Crippen LogP contribution in [0.1, 0.15) is 19.8 Å². The van der Waals surface area contributed by atoms with Gasteiger partial charge in [-0.25, -0.2) is 14.5 Å². The first-order valence-electron chi connectivity index (χ1n) is 8.86. The van der Waals surface area contributed by atoms with Crippen molar-refractivity contribution in [1.82, 2.24) is 15.5 Å². The molecule has 2 rings (SSSR count). The van der Waals surface area contributed by atoms with E-state index in [1.54, 1.807) is 12.1 Å². The third kappa shape index (κ3) is 5.81. The van der Waals surface area contributed by atoms with E-state index in [1.165, 1.54) is 12.0 Å². The lowest BCUT2D eigenvalue weighted by Crippen LogP contribution is -2.56. The van der Waals surface area contributed by atoms with Crippen LogP contribution in [-0.4, -0.2) is 66.1 Å². The van der Waals surface area contributed by atoms with Crippen molar-refractivity contribution in [3.63, 3.8) is 0 Å². The first-order chi connectivity index (χ1) is 14.1. The number of hydrogen-bond acceptors (Lipinski definition) is 6. The minimum Gasteiger partial charge on any atom is -0.495 e. The second-order valence-electron chi connectivity index (χ2n) is 6.38. The van der Waals surface area contributed by atoms with Gasteiger partial charge in [-0.15, -0.1) is 0 Å². The maximum atomic E-state index is 12.9. The summed E-state index contributed by atoms with van der Waals surface area (Å²) in [5, 5.41) is 13.6. The summed E-state index contributed by atoms with van der Waals surface area (Å²) in [6.07, 6.45) is -0.501. The lowest BCUT2D eigenvalue weighted by Gasteiger charge is -2.34. The molecule has 0 spiro atoms. The molecule has 1 atom stereocenters. The minimum absolute atomic E-state index is 0.0415. The van der Waals surface area contributed by atoms with Gasteiger partial charge >= 0.3 is 12.0 Å². The van der Waals surface area contributed by atoms with E-state index in [4.69, 9.17) is 9.84 Å². The second kappa shape index (κ2) is 10.2. The maximum Gasteiger partial charge on any atom is 0.332 e. The highest BCUT2D eigenvalue weighted by Crippen LogP contribution is 2.32. The van der Waals surface area contributed by atoms with Crippen molar-refractivity contribution in [2.24, 2.45) is 0 Å². The third-order valence-electron chi connectivity index (χ3n) is 4.24. The number of ether oxygens (including phenoxy) is 1. The standard InChI is InChI=1S/C18H21IN4O7/c1-10(24)21-12(17(27)28)8-15(25)20-9-23-16(26)5-6-22(18(23)29)13-7-11(19)3-4-14(13)30-2/h3-4,7,12H,5-6,8-9H2,1-2H3,(H,20,25)(H,21,24)(H,27,28)/t12-/m0/s1. The topological polar surface area (TPSA) is 145 Å². The SMILES string of the molecule is COc1ccc(I)cc1N1CCC(=O)N(CNC(=O)C[C@H](NC(C)=O)C(=O)O)C1=O. The van der Waals surface area contributed by atoms with Gasteiger partial charge in [0.2, 0.25) is 17.7 Å². The lowest BCUT2D eigenvalue weighted by atomic mass is 10.2. The van der Waals surface area contributed by atoms with Gasteiger partial charge in [0.05, 0.1) is 19.2 Å². The predicted octanol–water partition coefficient (Wildman–Crippen LogP) is 0.512. The molecule has 0 radical (unpaired) electrons. The van der Waals surface area contributed by atoms with E-state index in [0.29, 0.717) is 11.4 Å². The number of imide groups is 1. The Morgan fingerprint density at radius 1 is 1.30 bits per heavy atom. The average molecular weight is 532 g/mol. The number of carbonyl (C=O) groups excluding carboxylic acids is 4. The van der Waals surface area contributed by atoms with Crippen LogP contribution in [0.15, 0.2) is 18.2 Å². The van der Waals surface area contributed by atoms with Gasteiger partial charge in [-0.1, -0.05) is 0 Å². The van der Waals surface area contributed by atoms with Crippen molar-refractivity contribution in [1.29, 1.82) is 0 Å². The molecule has 0 bridgehead atoms. The summed E-state index contributed by atoms with van der Waals surface area (Å²) in [5.74, 6) is -2.72. The van der Waals surface area contributed by atoms with Crippen LogP contribution in [0.3, 0.4) is 0 Å². The molecule has 0 aromatic heterocycles. The number of amides is 5. The smallest absolute Gasteiger partial charge is 0.332 e. The fourth-order valence-corrected chi connectivity index (χ4v) is 3.29. The zero-order chi connectivity index (χ0) is 22.4. The molecule has 0 saturated carbocycles. The number of urea groups is 1. The van der Waals surface area contributed by atoms with Crippen molar-refractivity contribution in [2.75, 3.05) is 25.2 Å². The van der Waals surface area contributed by atoms with Gasteiger partial charge < -0.3 is 20.5 Å². The van der Waals surface area contributed by atoms with E-state index in [-0.39, 0.29) is 13.0 Å². The summed E-state index contributed by atoms with van der Waals surface area (Å²) in [6, 6.07) is 3.22. The van der Waals surface area contributed by atoms with Crippen LogP contribution >= 0.6 is 22.6 Å². The van der Waals surface area contributed by atoms with Gasteiger partial charge in [0, 0.05) is 23.5 Å². The summed E-state index contributed by atoms with van der Waals surface area (Å²) < 4.78 is 6.17. The maximum absolute atomic E-state index is 12.9. The largest absolute Gasteiger partial charge is 0.495 e. The number of aliphatic carboxylic acids is 1. The first-order valence-corrected chi connectivity index (χ1v) is 9.94. The second-order valence-corrected chi connectivity index (χ2v) is 7.62. The molecule has 1 aromatic rings. The fraction of sp³-hybridized carbons (Fsp3) is 0.389. The van der Waals surface area contributed by atoms with Crippen LogP contribution in [0.5, 0.6) is 5.75 Å². The van der Waals surface area contributed by atoms with Crippen LogP contribution in [0.2, 0.25) is 0 Å². The Labute approximate surface area is 185 Å². The number of nitrogens with one attached hydrogen (secondary N) is 2. The highest BCUT2D eigenvalue weighted by atomic mass is 127. The molecule has 12 heteroatoms. The Morgan fingerprint density at radius 3 is 2.60 bits per heavy atom. The van der Waals surface area contributed by atoms with Crippen LogP contribution < -0.4 is 20.3 Å². The van der Waals surface area contributed by atoms with E-state index in [0.717, 1.165) is 15.4 Å². The summed E-state index contributed by atoms with van der Waals surface area (Å²) in [6.45, 7) is 0.861. The summed E-state index contributed by atoms with van der Waals surface area (Å²) >= 11 is 2.09. The van der Waals surface area contributed by atoms with Gasteiger partial charge in [-0.05, 0) is 40.8 Å². The van der Waals surface area contributed by atoms with Crippen LogP contribution in [-0.2, 0) is 19.2 Å². The van der Waals surface area contributed by atoms with E-state index < -0.39 is 48.9 Å². The molecule has 5 amide bonds. The molecule has 162 valence electrons. The highest BCUT2D eigenvalue weighted by Gasteiger charge is 2.34. The number of benzene rings is 1. The minimum atomic E-state index is -1.41. The third-order valence-corrected chi connectivity index (χ3v) is 4.91. The van der Waals surface area contributed by atoms with Crippen molar-refractivity contribution in [2.45, 2.75) is 25.8 Å². The first kappa shape index (κ1) is 23.4. The number of rotatable bonds is 8. The zero-order valence-electron chi connectivity index (χ0n) is 16.3. The molecule has 0 unspecified atom stereocenters. The molecule has 30 heavy (non-hydrogen) atoms. The summed E-state index contributed by atoms with van der Waals surface area (Å²) in [5.41, 5.74) is 0.495. The van der Waals surface area contributed by atoms with Gasteiger partial charge in [-0.3, -0.25) is 19.3 Å². The van der Waals surface area contributed by atoms with Crippen molar-refractivity contribution in [3.8, 4) is 5.75 Å². The average Bonchev–Trinajstić information content (AvgIpc) is 2.67. The van der Waals surface area contributed by atoms with Gasteiger partial charge in [0.1, 0.15) is 18.5 Å². The Balaban J connectivity index is 2.08. The van der Waals surface area contributed by atoms with Crippen molar-refractivity contribution < 1.29 is 33.8 Å². The molecule has 1 heterocycles. The number of carboxylic acid groups (broad SMARTS) is 1. The quantitative estimate of drug-likeness (QED) is 0.414. The van der Waals surface area contributed by atoms with Crippen LogP contribution in [0, 0.1) is 3.57 Å². The lowest BCUT2D eigenvalue weighted by molar-refractivity contribution is -0.143. The number of anilines is 1. The van der Waals surface area contributed by atoms with Gasteiger partial charge in [0.15, 0.2) is 0 Å². The number of nitrogens with zero attached hydrogens (tertiary/aromatic N) is 2. The molecule has 0 aliphatic carbocycles. The Morgan fingerprint density at radius 2 is 2.00 bits per heavy atom. The molecule has 1 aliphatic heterocycles. The Kier molecular flexibility index (Phi) is 7.97. The van der Waals surface area contributed by atoms with Gasteiger partial charge in [0.25, 0.3) is 0 Å². The van der Waals surface area contributed by atoms with Crippen molar-refractivity contribution in [3.05, 3.63) is 21.8 Å². The van der Waals surface area contributed by atoms with E-state index in [2.05, 4.69) is 33.2 Å². The van der Waals surface area contributed by atoms with E-state index in [1.807, 2.05) is 6.07 Å². The normalized spacial score (nSPS) is 14.9. The predicted molar refractivity (Wildman–Crippen MR) is 113 cm³/mol. The fourth-order valence-electron chi connectivity index (χ4n) is 2.81. The molecule has 1 aliphatic rings. The molecule has 1 aromatic carbocycles. The summed E-state index contributed by atoms with van der Waals surface area (Å²) in [4.78, 5) is 61.6. The van der Waals surface area contributed by atoms with Gasteiger partial charge in [-0.2, -0.15) is 0 Å². The van der Waals surface area contributed by atoms with Crippen molar-refractivity contribution >= 4 is 58.0 Å². The van der Waals surface area contributed by atoms with E-state index in [9.17, 15) is 24.0 Å². The highest BCUT2D eigenvalue weighted by molar-refractivity contribution is 14.1. The number of halogens is 1. The number of carbonyl (C=O) groups is 5. The molecular formula is C18H21IN4O7. The monoisotopic (exact) mass is 532 g/mol. The molecule has 1 fully saturated rings. The van der Waals surface area contributed by atoms with Crippen LogP contribution in [0.4, 0.5) is 10.5 Å². The molecule has 11 nitrogen and oxygen atoms in total. The summed E-state index contributed by atoms with van der Waals surface area (Å²) in [7, 11) is 1.47. The van der Waals surface area contributed by atoms with E-state index >= 15 is 0 Å². The number of carboxylic acids is 1. The van der Waals surface area contributed by atoms with Crippen LogP contribution in [0.25, 0.3) is 0 Å². The number of hydrogen-bond donors (Lipinski definition) is 3.